The van der Waals surface area contributed by atoms with E-state index in [2.05, 4.69) is 36.1 Å². The number of carbonyl (C=O) groups excluding carboxylic acids is 4. The number of nitrogens with zero attached hydrogens (tertiary/aromatic N) is 4. The van der Waals surface area contributed by atoms with Gasteiger partial charge in [-0.1, -0.05) is 24.3 Å². The number of benzene rings is 3. The predicted molar refractivity (Wildman–Crippen MR) is 201 cm³/mol. The first-order valence-corrected chi connectivity index (χ1v) is 20.3. The molecule has 286 valence electrons. The maximum absolute atomic E-state index is 13.9. The Morgan fingerprint density at radius 3 is 2.29 bits per heavy atom. The summed E-state index contributed by atoms with van der Waals surface area (Å²) < 4.78 is 54.5. The van der Waals surface area contributed by atoms with Gasteiger partial charge in [0, 0.05) is 55.0 Å². The summed E-state index contributed by atoms with van der Waals surface area (Å²) in [5, 5.41) is 11.9. The zero-order valence-electron chi connectivity index (χ0n) is 29.9. The molecule has 3 aliphatic rings. The Kier molecular flexibility index (Phi) is 10.2. The highest BCUT2D eigenvalue weighted by Gasteiger charge is 2.45. The van der Waals surface area contributed by atoms with Crippen molar-refractivity contribution >= 4 is 64.9 Å². The third kappa shape index (κ3) is 8.10. The van der Waals surface area contributed by atoms with E-state index in [1.165, 1.54) is 0 Å². The van der Waals surface area contributed by atoms with Crippen molar-refractivity contribution in [3.63, 3.8) is 0 Å². The number of piperidine rings is 2. The normalized spacial score (nSPS) is 18.0. The van der Waals surface area contributed by atoms with Crippen molar-refractivity contribution in [2.24, 2.45) is 0 Å². The molecule has 2 fully saturated rings. The molecule has 55 heavy (non-hydrogen) atoms. The molecule has 1 atom stereocenters. The van der Waals surface area contributed by atoms with Crippen LogP contribution in [-0.2, 0) is 26.9 Å². The van der Waals surface area contributed by atoms with Gasteiger partial charge in [-0.2, -0.15) is 18.2 Å². The number of fused-ring (bicyclic) bond motifs is 1. The van der Waals surface area contributed by atoms with Gasteiger partial charge in [0.2, 0.25) is 17.8 Å². The maximum atomic E-state index is 13.9. The molecule has 0 radical (unpaired) electrons. The van der Waals surface area contributed by atoms with E-state index in [-0.39, 0.29) is 41.6 Å². The van der Waals surface area contributed by atoms with Gasteiger partial charge >= 0.3 is 6.18 Å². The number of rotatable bonds is 10. The van der Waals surface area contributed by atoms with E-state index in [0.29, 0.717) is 36.8 Å². The predicted octanol–water partition coefficient (Wildman–Crippen LogP) is 5.39. The molecule has 1 unspecified atom stereocenters. The number of hydrogen-bond acceptors (Lipinski definition) is 11. The van der Waals surface area contributed by atoms with Crippen molar-refractivity contribution in [1.29, 1.82) is 0 Å². The van der Waals surface area contributed by atoms with E-state index in [9.17, 15) is 36.9 Å². The number of amides is 4. The van der Waals surface area contributed by atoms with Crippen LogP contribution in [0.4, 0.5) is 42.0 Å². The van der Waals surface area contributed by atoms with E-state index in [1.807, 2.05) is 18.2 Å². The minimum Gasteiger partial charge on any atom is -0.371 e. The minimum absolute atomic E-state index is 0.0484. The molecular formula is C38H38F3N8O5P. The van der Waals surface area contributed by atoms with Gasteiger partial charge in [0.1, 0.15) is 24.6 Å². The number of halogens is 3. The molecular weight excluding hydrogens is 736 g/mol. The Bertz CT molecular complexity index is 2220. The lowest BCUT2D eigenvalue weighted by Gasteiger charge is -2.34. The SMILES string of the molecule is CP(C)(=O)c1ccccc1Nc1nc(Nc2ccc(CNC3CCN(c4ccc5c(c4)C(=O)N(C4CCC(=O)NC4=O)C5=O)CC3)cc2)ncc1C(F)(F)F. The molecule has 4 N–H and O–H groups in total. The second kappa shape index (κ2) is 14.9. The van der Waals surface area contributed by atoms with Gasteiger partial charge in [0.05, 0.1) is 16.8 Å². The van der Waals surface area contributed by atoms with Gasteiger partial charge < -0.3 is 25.4 Å². The lowest BCUT2D eigenvalue weighted by Crippen LogP contribution is -2.54. The molecule has 4 aromatic rings. The molecule has 3 aromatic carbocycles. The smallest absolute Gasteiger partial charge is 0.371 e. The van der Waals surface area contributed by atoms with Crippen molar-refractivity contribution in [2.45, 2.75) is 50.5 Å². The standard InChI is InChI=1S/C38H38F3N8O5P/c1-55(2,54)31-6-4-3-5-29(31)45-33-28(38(39,40)41)21-43-37(47-33)44-24-9-7-22(8-10-24)20-42-23-15-17-48(18-16-23)25-11-12-26-27(19-25)36(53)49(35(26)52)30-13-14-32(50)46-34(30)51/h3-12,19,21,23,30,42H,13-18,20H2,1-2H3,(H,46,50,51)(H2,43,44,45,47). The van der Waals surface area contributed by atoms with Gasteiger partial charge in [-0.15, -0.1) is 0 Å². The van der Waals surface area contributed by atoms with Gasteiger partial charge in [-0.3, -0.25) is 29.4 Å². The fourth-order valence-corrected chi connectivity index (χ4v) is 8.17. The summed E-state index contributed by atoms with van der Waals surface area (Å²) in [6, 6.07) is 18.2. The average molecular weight is 775 g/mol. The maximum Gasteiger partial charge on any atom is 0.421 e. The van der Waals surface area contributed by atoms with Crippen molar-refractivity contribution in [3.8, 4) is 0 Å². The van der Waals surface area contributed by atoms with Crippen LogP contribution in [0.1, 0.15) is 57.5 Å². The fourth-order valence-electron chi connectivity index (χ4n) is 7.02. The number of hydrogen-bond donors (Lipinski definition) is 4. The van der Waals surface area contributed by atoms with Crippen LogP contribution in [-0.4, -0.2) is 77.0 Å². The van der Waals surface area contributed by atoms with Crippen LogP contribution in [0.15, 0.2) is 72.9 Å². The molecule has 3 aliphatic heterocycles. The third-order valence-corrected chi connectivity index (χ3v) is 11.5. The Morgan fingerprint density at radius 2 is 1.60 bits per heavy atom. The molecule has 2 saturated heterocycles. The molecule has 4 heterocycles. The first-order valence-electron chi connectivity index (χ1n) is 17.7. The second-order valence-electron chi connectivity index (χ2n) is 14.1. The monoisotopic (exact) mass is 774 g/mol. The van der Waals surface area contributed by atoms with Crippen LogP contribution < -0.4 is 31.5 Å². The topological polar surface area (TPSA) is 166 Å². The lowest BCUT2D eigenvalue weighted by molar-refractivity contribution is -0.138. The fraction of sp³-hybridized carbons (Fsp3) is 0.316. The Balaban J connectivity index is 0.936. The van der Waals surface area contributed by atoms with Crippen molar-refractivity contribution < 1.29 is 36.9 Å². The lowest BCUT2D eigenvalue weighted by atomic mass is 10.0. The summed E-state index contributed by atoms with van der Waals surface area (Å²) in [5.74, 6) is -2.65. The first kappa shape index (κ1) is 37.7. The average Bonchev–Trinajstić information content (AvgIpc) is 3.39. The van der Waals surface area contributed by atoms with Gasteiger partial charge in [-0.25, -0.2) is 4.98 Å². The largest absolute Gasteiger partial charge is 0.421 e. The number of aromatic nitrogens is 2. The Morgan fingerprint density at radius 1 is 0.891 bits per heavy atom. The van der Waals surface area contributed by atoms with Gasteiger partial charge in [-0.05, 0) is 80.6 Å². The molecule has 0 spiro atoms. The van der Waals surface area contributed by atoms with E-state index in [0.717, 1.165) is 29.0 Å². The Hall–Kier alpha value is -5.60. The summed E-state index contributed by atoms with van der Waals surface area (Å²) in [7, 11) is -2.81. The molecule has 0 saturated carbocycles. The van der Waals surface area contributed by atoms with Gasteiger partial charge in [0.15, 0.2) is 0 Å². The van der Waals surface area contributed by atoms with Gasteiger partial charge in [0.25, 0.3) is 11.8 Å². The highest BCUT2D eigenvalue weighted by Crippen LogP contribution is 2.40. The molecule has 7 rings (SSSR count). The summed E-state index contributed by atoms with van der Waals surface area (Å²) >= 11 is 0. The second-order valence-corrected chi connectivity index (χ2v) is 17.3. The minimum atomic E-state index is -4.73. The Labute approximate surface area is 314 Å². The molecule has 4 amide bonds. The molecule has 0 aliphatic carbocycles. The summed E-state index contributed by atoms with van der Waals surface area (Å²) in [4.78, 5) is 61.4. The number of carbonyl (C=O) groups is 4. The van der Waals surface area contributed by atoms with E-state index >= 15 is 0 Å². The highest BCUT2D eigenvalue weighted by atomic mass is 31.2. The summed E-state index contributed by atoms with van der Waals surface area (Å²) in [6.45, 7) is 5.10. The van der Waals surface area contributed by atoms with Crippen LogP contribution in [0.3, 0.4) is 0 Å². The number of nitrogens with one attached hydrogen (secondary N) is 4. The summed E-state index contributed by atoms with van der Waals surface area (Å²) in [6.07, 6.45) is -2.20. The molecule has 17 heteroatoms. The highest BCUT2D eigenvalue weighted by molar-refractivity contribution is 7.70. The van der Waals surface area contributed by atoms with Crippen LogP contribution in [0.25, 0.3) is 0 Å². The van der Waals surface area contributed by atoms with Crippen molar-refractivity contribution in [3.05, 3.63) is 95.2 Å². The third-order valence-electron chi connectivity index (χ3n) is 9.92. The molecule has 13 nitrogen and oxygen atoms in total. The zero-order chi connectivity index (χ0) is 39.1. The number of alkyl halides is 3. The summed E-state index contributed by atoms with van der Waals surface area (Å²) in [5.41, 5.74) is 2.08. The van der Waals surface area contributed by atoms with Crippen LogP contribution in [0.2, 0.25) is 0 Å². The molecule has 1 aromatic heterocycles. The van der Waals surface area contributed by atoms with E-state index < -0.39 is 54.4 Å². The van der Waals surface area contributed by atoms with Crippen molar-refractivity contribution in [2.75, 3.05) is 42.0 Å². The van der Waals surface area contributed by atoms with E-state index in [4.69, 9.17) is 0 Å². The van der Waals surface area contributed by atoms with Crippen LogP contribution >= 0.6 is 7.14 Å². The first-order chi connectivity index (χ1) is 26.2. The van der Waals surface area contributed by atoms with Crippen LogP contribution in [0.5, 0.6) is 0 Å². The number of para-hydroxylation sites is 1. The molecule has 0 bridgehead atoms. The zero-order valence-corrected chi connectivity index (χ0v) is 30.8. The van der Waals surface area contributed by atoms with E-state index in [1.54, 1.807) is 61.9 Å². The number of anilines is 5. The van der Waals surface area contributed by atoms with Crippen LogP contribution in [0, 0.1) is 0 Å². The van der Waals surface area contributed by atoms with Crippen molar-refractivity contribution in [1.82, 2.24) is 25.5 Å². The quantitative estimate of drug-likeness (QED) is 0.121. The number of imide groups is 2.